The predicted octanol–water partition coefficient (Wildman–Crippen LogP) is 3.60. The lowest BCUT2D eigenvalue weighted by Crippen LogP contribution is -1.97. The molecule has 2 aromatic rings. The molecule has 0 amide bonds. The topological polar surface area (TPSA) is 63.1 Å². The summed E-state index contributed by atoms with van der Waals surface area (Å²) in [6.07, 6.45) is 0. The van der Waals surface area contributed by atoms with Gasteiger partial charge in [-0.15, -0.1) is 0 Å². The zero-order chi connectivity index (χ0) is 14.0. The van der Waals surface area contributed by atoms with E-state index in [9.17, 15) is 4.79 Å². The van der Waals surface area contributed by atoms with Gasteiger partial charge in [0.2, 0.25) is 0 Å². The van der Waals surface area contributed by atoms with E-state index in [2.05, 4.69) is 9.97 Å². The fourth-order valence-electron chi connectivity index (χ4n) is 1.58. The van der Waals surface area contributed by atoms with Crippen LogP contribution in [0.3, 0.4) is 0 Å². The largest absolute Gasteiger partial charge is 0.478 e. The molecule has 0 radical (unpaired) electrons. The highest BCUT2D eigenvalue weighted by atomic mass is 35.5. The standard InChI is InChI=1S/C13H11ClN2O2S/c1-7-5-8(2)16-13(15-7)19-9-3-4-10(12(17)18)11(14)6-9/h3-6H,1-2H3,(H,17,18). The molecule has 98 valence electrons. The summed E-state index contributed by atoms with van der Waals surface area (Å²) < 4.78 is 0. The Morgan fingerprint density at radius 1 is 1.21 bits per heavy atom. The Kier molecular flexibility index (Phi) is 4.07. The molecule has 1 aromatic carbocycles. The van der Waals surface area contributed by atoms with Gasteiger partial charge in [-0.3, -0.25) is 0 Å². The van der Waals surface area contributed by atoms with Crippen LogP contribution in [0.4, 0.5) is 0 Å². The SMILES string of the molecule is Cc1cc(C)nc(Sc2ccc(C(=O)O)c(Cl)c2)n1. The second-order valence-corrected chi connectivity index (χ2v) is 5.43. The van der Waals surface area contributed by atoms with Gasteiger partial charge in [0, 0.05) is 16.3 Å². The smallest absolute Gasteiger partial charge is 0.337 e. The molecule has 0 saturated carbocycles. The molecule has 2 rings (SSSR count). The minimum absolute atomic E-state index is 0.0901. The van der Waals surface area contributed by atoms with Crippen molar-refractivity contribution in [1.29, 1.82) is 0 Å². The number of aromatic nitrogens is 2. The van der Waals surface area contributed by atoms with E-state index < -0.39 is 5.97 Å². The van der Waals surface area contributed by atoms with Crippen LogP contribution in [0.2, 0.25) is 5.02 Å². The van der Waals surface area contributed by atoms with Gasteiger partial charge in [-0.05, 0) is 49.9 Å². The van der Waals surface area contributed by atoms with Crippen molar-refractivity contribution in [1.82, 2.24) is 9.97 Å². The molecular formula is C13H11ClN2O2S. The van der Waals surface area contributed by atoms with Crippen LogP contribution in [0.25, 0.3) is 0 Å². The van der Waals surface area contributed by atoms with E-state index in [0.29, 0.717) is 5.16 Å². The number of aryl methyl sites for hydroxylation is 2. The molecule has 0 aliphatic heterocycles. The molecule has 0 atom stereocenters. The van der Waals surface area contributed by atoms with Crippen molar-refractivity contribution in [2.75, 3.05) is 0 Å². The van der Waals surface area contributed by atoms with E-state index in [1.807, 2.05) is 19.9 Å². The van der Waals surface area contributed by atoms with E-state index in [0.717, 1.165) is 16.3 Å². The first-order valence-electron chi connectivity index (χ1n) is 5.48. The van der Waals surface area contributed by atoms with Crippen LogP contribution in [0.15, 0.2) is 34.3 Å². The molecular weight excluding hydrogens is 284 g/mol. The fourth-order valence-corrected chi connectivity index (χ4v) is 2.81. The number of hydrogen-bond donors (Lipinski definition) is 1. The average Bonchev–Trinajstić information content (AvgIpc) is 2.26. The number of carboxylic acid groups (broad SMARTS) is 1. The summed E-state index contributed by atoms with van der Waals surface area (Å²) in [5.74, 6) is -1.04. The quantitative estimate of drug-likeness (QED) is 0.876. The van der Waals surface area contributed by atoms with Crippen molar-refractivity contribution in [3.8, 4) is 0 Å². The highest BCUT2D eigenvalue weighted by Crippen LogP contribution is 2.29. The number of carbonyl (C=O) groups is 1. The summed E-state index contributed by atoms with van der Waals surface area (Å²) in [4.78, 5) is 20.3. The van der Waals surface area contributed by atoms with Gasteiger partial charge in [0.15, 0.2) is 5.16 Å². The molecule has 0 unspecified atom stereocenters. The Balaban J connectivity index is 2.28. The molecule has 0 saturated heterocycles. The molecule has 1 N–H and O–H groups in total. The summed E-state index contributed by atoms with van der Waals surface area (Å²) in [7, 11) is 0. The van der Waals surface area contributed by atoms with Crippen molar-refractivity contribution in [3.63, 3.8) is 0 Å². The third kappa shape index (κ3) is 3.45. The van der Waals surface area contributed by atoms with Gasteiger partial charge in [0.05, 0.1) is 10.6 Å². The van der Waals surface area contributed by atoms with Crippen LogP contribution >= 0.6 is 23.4 Å². The first-order valence-corrected chi connectivity index (χ1v) is 6.68. The zero-order valence-electron chi connectivity index (χ0n) is 10.3. The molecule has 0 fully saturated rings. The first-order chi connectivity index (χ1) is 8.95. The van der Waals surface area contributed by atoms with E-state index in [1.165, 1.54) is 17.8 Å². The van der Waals surface area contributed by atoms with E-state index >= 15 is 0 Å². The van der Waals surface area contributed by atoms with Crippen molar-refractivity contribution < 1.29 is 9.90 Å². The fraction of sp³-hybridized carbons (Fsp3) is 0.154. The zero-order valence-corrected chi connectivity index (χ0v) is 11.9. The van der Waals surface area contributed by atoms with Crippen molar-refractivity contribution in [3.05, 3.63) is 46.2 Å². The Morgan fingerprint density at radius 3 is 2.37 bits per heavy atom. The second kappa shape index (κ2) is 5.59. The van der Waals surface area contributed by atoms with Gasteiger partial charge >= 0.3 is 5.97 Å². The van der Waals surface area contributed by atoms with Gasteiger partial charge in [-0.2, -0.15) is 0 Å². The number of carboxylic acids is 1. The molecule has 6 heteroatoms. The Labute approximate surface area is 119 Å². The highest BCUT2D eigenvalue weighted by molar-refractivity contribution is 7.99. The number of nitrogens with zero attached hydrogens (tertiary/aromatic N) is 2. The van der Waals surface area contributed by atoms with E-state index in [-0.39, 0.29) is 10.6 Å². The van der Waals surface area contributed by atoms with Crippen LogP contribution in [0, 0.1) is 13.8 Å². The van der Waals surface area contributed by atoms with E-state index in [4.69, 9.17) is 16.7 Å². The van der Waals surface area contributed by atoms with Gasteiger partial charge in [-0.1, -0.05) is 11.6 Å². The summed E-state index contributed by atoms with van der Waals surface area (Å²) >= 11 is 7.27. The molecule has 0 bridgehead atoms. The lowest BCUT2D eigenvalue weighted by Gasteiger charge is -2.04. The predicted molar refractivity (Wildman–Crippen MR) is 74.0 cm³/mol. The maximum absolute atomic E-state index is 10.9. The third-order valence-electron chi connectivity index (χ3n) is 2.34. The van der Waals surface area contributed by atoms with E-state index in [1.54, 1.807) is 12.1 Å². The van der Waals surface area contributed by atoms with Gasteiger partial charge in [0.25, 0.3) is 0 Å². The third-order valence-corrected chi connectivity index (χ3v) is 3.51. The molecule has 0 aliphatic rings. The minimum Gasteiger partial charge on any atom is -0.478 e. The Hall–Kier alpha value is -1.59. The summed E-state index contributed by atoms with van der Waals surface area (Å²) in [5, 5.41) is 9.74. The highest BCUT2D eigenvalue weighted by Gasteiger charge is 2.10. The first kappa shape index (κ1) is 13.8. The molecule has 0 spiro atoms. The number of rotatable bonds is 3. The summed E-state index contributed by atoms with van der Waals surface area (Å²) in [5.41, 5.74) is 1.87. The maximum atomic E-state index is 10.9. The summed E-state index contributed by atoms with van der Waals surface area (Å²) in [6.45, 7) is 3.80. The number of hydrogen-bond acceptors (Lipinski definition) is 4. The van der Waals surface area contributed by atoms with Gasteiger partial charge < -0.3 is 5.11 Å². The Morgan fingerprint density at radius 2 is 1.84 bits per heavy atom. The molecule has 4 nitrogen and oxygen atoms in total. The average molecular weight is 295 g/mol. The lowest BCUT2D eigenvalue weighted by molar-refractivity contribution is 0.0697. The number of benzene rings is 1. The lowest BCUT2D eigenvalue weighted by atomic mass is 10.2. The van der Waals surface area contributed by atoms with Crippen LogP contribution in [0.5, 0.6) is 0 Å². The molecule has 1 heterocycles. The normalized spacial score (nSPS) is 10.5. The molecule has 19 heavy (non-hydrogen) atoms. The van der Waals surface area contributed by atoms with Crippen molar-refractivity contribution >= 4 is 29.3 Å². The second-order valence-electron chi connectivity index (χ2n) is 3.98. The number of aromatic carboxylic acids is 1. The van der Waals surface area contributed by atoms with Gasteiger partial charge in [-0.25, -0.2) is 14.8 Å². The van der Waals surface area contributed by atoms with Crippen molar-refractivity contribution in [2.24, 2.45) is 0 Å². The van der Waals surface area contributed by atoms with Crippen LogP contribution in [-0.2, 0) is 0 Å². The van der Waals surface area contributed by atoms with Gasteiger partial charge in [0.1, 0.15) is 0 Å². The van der Waals surface area contributed by atoms with Crippen molar-refractivity contribution in [2.45, 2.75) is 23.9 Å². The molecule has 0 aliphatic carbocycles. The molecule has 1 aromatic heterocycles. The van der Waals surface area contributed by atoms with Crippen LogP contribution < -0.4 is 0 Å². The maximum Gasteiger partial charge on any atom is 0.337 e. The van der Waals surface area contributed by atoms with Crippen LogP contribution in [-0.4, -0.2) is 21.0 Å². The minimum atomic E-state index is -1.04. The van der Waals surface area contributed by atoms with Crippen LogP contribution in [0.1, 0.15) is 21.7 Å². The Bertz CT molecular complexity index is 626. The number of halogens is 1. The summed E-state index contributed by atoms with van der Waals surface area (Å²) in [6, 6.07) is 6.68. The monoisotopic (exact) mass is 294 g/mol.